The summed E-state index contributed by atoms with van der Waals surface area (Å²) in [6.07, 6.45) is 1.13. The highest BCUT2D eigenvalue weighted by Crippen LogP contribution is 2.30. The van der Waals surface area contributed by atoms with Gasteiger partial charge in [0.2, 0.25) is 11.8 Å². The second-order valence-corrected chi connectivity index (χ2v) is 6.64. The first-order valence-corrected chi connectivity index (χ1v) is 8.68. The summed E-state index contributed by atoms with van der Waals surface area (Å²) in [5.41, 5.74) is 0.108. The van der Waals surface area contributed by atoms with Gasteiger partial charge in [-0.1, -0.05) is 31.7 Å². The van der Waals surface area contributed by atoms with E-state index in [0.717, 1.165) is 10.8 Å². The van der Waals surface area contributed by atoms with Gasteiger partial charge in [-0.3, -0.25) is 9.78 Å². The minimum atomic E-state index is -0.398. The quantitative estimate of drug-likeness (QED) is 0.685. The van der Waals surface area contributed by atoms with Gasteiger partial charge in [0.05, 0.1) is 6.54 Å². The van der Waals surface area contributed by atoms with Gasteiger partial charge in [-0.2, -0.15) is 5.10 Å². The lowest BCUT2D eigenvalue weighted by molar-refractivity contribution is -0.125. The molecule has 0 spiro atoms. The van der Waals surface area contributed by atoms with Crippen molar-refractivity contribution in [3.05, 3.63) is 53.5 Å². The van der Waals surface area contributed by atoms with E-state index >= 15 is 0 Å². The van der Waals surface area contributed by atoms with E-state index in [-0.39, 0.29) is 17.9 Å². The zero-order chi connectivity index (χ0) is 19.0. The maximum absolute atomic E-state index is 11.9. The van der Waals surface area contributed by atoms with Crippen LogP contribution in [-0.4, -0.2) is 50.2 Å². The largest absolute Gasteiger partial charge is 0.472 e. The standard InChI is InChI=1S/C19H19N5O3/c1-3-16(25)24-9-11(2)15(10-24)27-18-13-7-5-4-6-12(13)8-14(20-18)17-21-19(26)23-22-17/h3-8,11,15H,1,9-10H2,2H3,(H2,21,22,23,26)/t11-,15+/m0/s1. The molecule has 2 aromatic heterocycles. The SMILES string of the molecule is C=CC(=O)N1C[C@H](C)[C@H](Oc2nc(-c3n[nH]c(=O)[nH]3)cc3ccccc23)C1. The van der Waals surface area contributed by atoms with E-state index in [4.69, 9.17) is 4.74 Å². The smallest absolute Gasteiger partial charge is 0.340 e. The van der Waals surface area contributed by atoms with E-state index in [9.17, 15) is 9.59 Å². The van der Waals surface area contributed by atoms with Crippen molar-refractivity contribution in [3.63, 3.8) is 0 Å². The van der Waals surface area contributed by atoms with Crippen molar-refractivity contribution in [2.45, 2.75) is 13.0 Å². The fraction of sp³-hybridized carbons (Fsp3) is 0.263. The predicted octanol–water partition coefficient (Wildman–Crippen LogP) is 1.72. The Labute approximate surface area is 154 Å². The van der Waals surface area contributed by atoms with Gasteiger partial charge < -0.3 is 9.64 Å². The maximum Gasteiger partial charge on any atom is 0.340 e. The highest BCUT2D eigenvalue weighted by Gasteiger charge is 2.33. The monoisotopic (exact) mass is 365 g/mol. The number of aromatic nitrogens is 4. The van der Waals surface area contributed by atoms with Gasteiger partial charge >= 0.3 is 5.69 Å². The maximum atomic E-state index is 11.9. The molecule has 138 valence electrons. The zero-order valence-corrected chi connectivity index (χ0v) is 14.8. The van der Waals surface area contributed by atoms with E-state index in [1.54, 1.807) is 4.90 Å². The number of benzene rings is 1. The summed E-state index contributed by atoms with van der Waals surface area (Å²) in [6.45, 7) is 6.67. The molecule has 1 amide bonds. The van der Waals surface area contributed by atoms with E-state index in [2.05, 4.69) is 26.7 Å². The molecule has 4 rings (SSSR count). The van der Waals surface area contributed by atoms with Gasteiger partial charge in [0.15, 0.2) is 5.82 Å². The van der Waals surface area contributed by atoms with Crippen molar-refractivity contribution in [1.82, 2.24) is 25.1 Å². The Hall–Kier alpha value is -3.42. The Morgan fingerprint density at radius 2 is 2.19 bits per heavy atom. The lowest BCUT2D eigenvalue weighted by atomic mass is 10.1. The Morgan fingerprint density at radius 1 is 1.37 bits per heavy atom. The summed E-state index contributed by atoms with van der Waals surface area (Å²) in [5.74, 6) is 0.854. The Bertz CT molecular complexity index is 1070. The summed E-state index contributed by atoms with van der Waals surface area (Å²) >= 11 is 0. The third kappa shape index (κ3) is 3.21. The summed E-state index contributed by atoms with van der Waals surface area (Å²) in [6, 6.07) is 9.56. The van der Waals surface area contributed by atoms with Crippen molar-refractivity contribution in [3.8, 4) is 17.4 Å². The molecule has 1 saturated heterocycles. The van der Waals surface area contributed by atoms with Crippen LogP contribution in [0.3, 0.4) is 0 Å². The van der Waals surface area contributed by atoms with Crippen LogP contribution in [0, 0.1) is 5.92 Å². The number of nitrogens with one attached hydrogen (secondary N) is 2. The molecule has 8 heteroatoms. The molecule has 1 aliphatic heterocycles. The number of carbonyl (C=O) groups is 1. The topological polar surface area (TPSA) is 104 Å². The first-order chi connectivity index (χ1) is 13.0. The Balaban J connectivity index is 1.71. The van der Waals surface area contributed by atoms with Crippen LogP contribution in [-0.2, 0) is 4.79 Å². The number of rotatable bonds is 4. The molecule has 0 radical (unpaired) electrons. The second kappa shape index (κ2) is 6.71. The fourth-order valence-electron chi connectivity index (χ4n) is 3.31. The molecular formula is C19H19N5O3. The molecule has 0 unspecified atom stereocenters. The number of likely N-dealkylation sites (tertiary alicyclic amines) is 1. The third-order valence-corrected chi connectivity index (χ3v) is 4.74. The van der Waals surface area contributed by atoms with Gasteiger partial charge in [-0.15, -0.1) is 0 Å². The number of H-pyrrole nitrogens is 2. The van der Waals surface area contributed by atoms with Gasteiger partial charge in [0, 0.05) is 17.8 Å². The first kappa shape index (κ1) is 17.0. The van der Waals surface area contributed by atoms with Gasteiger partial charge in [-0.05, 0) is 23.6 Å². The van der Waals surface area contributed by atoms with Gasteiger partial charge in [0.1, 0.15) is 11.8 Å². The number of carbonyl (C=O) groups excluding carboxylic acids is 1. The average molecular weight is 365 g/mol. The summed E-state index contributed by atoms with van der Waals surface area (Å²) in [4.78, 5) is 32.2. The molecule has 3 heterocycles. The molecule has 1 aliphatic rings. The highest BCUT2D eigenvalue weighted by molar-refractivity contribution is 5.89. The second-order valence-electron chi connectivity index (χ2n) is 6.64. The highest BCUT2D eigenvalue weighted by atomic mass is 16.5. The molecule has 0 saturated carbocycles. The van der Waals surface area contributed by atoms with E-state index in [0.29, 0.717) is 30.5 Å². The van der Waals surface area contributed by atoms with Gasteiger partial charge in [-0.25, -0.2) is 14.9 Å². The van der Waals surface area contributed by atoms with Crippen LogP contribution < -0.4 is 10.4 Å². The molecule has 2 atom stereocenters. The number of hydrogen-bond donors (Lipinski definition) is 2. The normalized spacial score (nSPS) is 19.4. The number of amides is 1. The van der Waals surface area contributed by atoms with Crippen LogP contribution in [0.1, 0.15) is 6.92 Å². The van der Waals surface area contributed by atoms with E-state index in [1.165, 1.54) is 6.08 Å². The minimum Gasteiger partial charge on any atom is -0.472 e. The third-order valence-electron chi connectivity index (χ3n) is 4.74. The van der Waals surface area contributed by atoms with Crippen LogP contribution in [0.15, 0.2) is 47.8 Å². The molecule has 2 N–H and O–H groups in total. The average Bonchev–Trinajstić information content (AvgIpc) is 3.27. The van der Waals surface area contributed by atoms with Crippen LogP contribution in [0.4, 0.5) is 0 Å². The first-order valence-electron chi connectivity index (χ1n) is 8.68. The van der Waals surface area contributed by atoms with Crippen LogP contribution >= 0.6 is 0 Å². The number of pyridine rings is 1. The predicted molar refractivity (Wildman–Crippen MR) is 100 cm³/mol. The van der Waals surface area contributed by atoms with E-state index < -0.39 is 5.69 Å². The number of nitrogens with zero attached hydrogens (tertiary/aromatic N) is 3. The minimum absolute atomic E-state index is 0.103. The summed E-state index contributed by atoms with van der Waals surface area (Å²) in [5, 5.41) is 8.08. The van der Waals surface area contributed by atoms with Crippen LogP contribution in [0.2, 0.25) is 0 Å². The molecule has 0 bridgehead atoms. The molecule has 1 aromatic carbocycles. The van der Waals surface area contributed by atoms with Crippen molar-refractivity contribution >= 4 is 16.7 Å². The summed E-state index contributed by atoms with van der Waals surface area (Å²) < 4.78 is 6.23. The molecule has 1 fully saturated rings. The van der Waals surface area contributed by atoms with Gasteiger partial charge in [0.25, 0.3) is 0 Å². The Kier molecular flexibility index (Phi) is 4.23. The van der Waals surface area contributed by atoms with Crippen molar-refractivity contribution < 1.29 is 9.53 Å². The van der Waals surface area contributed by atoms with Crippen LogP contribution in [0.5, 0.6) is 5.88 Å². The lowest BCUT2D eigenvalue weighted by Gasteiger charge is -2.18. The molecule has 8 nitrogen and oxygen atoms in total. The van der Waals surface area contributed by atoms with Crippen molar-refractivity contribution in [2.24, 2.45) is 5.92 Å². The summed E-state index contributed by atoms with van der Waals surface area (Å²) in [7, 11) is 0. The lowest BCUT2D eigenvalue weighted by Crippen LogP contribution is -2.29. The number of fused-ring (bicyclic) bond motifs is 1. The van der Waals surface area contributed by atoms with Crippen molar-refractivity contribution in [1.29, 1.82) is 0 Å². The molecule has 27 heavy (non-hydrogen) atoms. The Morgan fingerprint density at radius 3 is 2.93 bits per heavy atom. The molecular weight excluding hydrogens is 346 g/mol. The van der Waals surface area contributed by atoms with Crippen LogP contribution in [0.25, 0.3) is 22.3 Å². The van der Waals surface area contributed by atoms with Crippen molar-refractivity contribution in [2.75, 3.05) is 13.1 Å². The van der Waals surface area contributed by atoms with E-state index in [1.807, 2.05) is 37.3 Å². The number of hydrogen-bond acceptors (Lipinski definition) is 5. The molecule has 3 aromatic rings. The number of aromatic amines is 2. The molecule has 0 aliphatic carbocycles. The zero-order valence-electron chi connectivity index (χ0n) is 14.8. The number of ether oxygens (including phenoxy) is 1. The fourth-order valence-corrected chi connectivity index (χ4v) is 3.31.